The minimum atomic E-state index is 0.150. The van der Waals surface area contributed by atoms with Gasteiger partial charge < -0.3 is 5.32 Å². The fourth-order valence-electron chi connectivity index (χ4n) is 3.33. The van der Waals surface area contributed by atoms with Crippen molar-refractivity contribution in [3.8, 4) is 0 Å². The van der Waals surface area contributed by atoms with Crippen molar-refractivity contribution >= 4 is 21.8 Å². The van der Waals surface area contributed by atoms with Crippen LogP contribution in [0.25, 0.3) is 0 Å². The van der Waals surface area contributed by atoms with Crippen LogP contribution in [0.15, 0.2) is 28.7 Å². The van der Waals surface area contributed by atoms with Crippen LogP contribution < -0.4 is 5.32 Å². The molecule has 0 aliphatic heterocycles. The van der Waals surface area contributed by atoms with E-state index in [0.29, 0.717) is 0 Å². The van der Waals surface area contributed by atoms with E-state index in [1.54, 1.807) is 0 Å². The van der Waals surface area contributed by atoms with E-state index >= 15 is 0 Å². The molecule has 0 spiro atoms. The summed E-state index contributed by atoms with van der Waals surface area (Å²) in [5.74, 6) is 2.27. The summed E-state index contributed by atoms with van der Waals surface area (Å²) in [6.45, 7) is 2.12. The third-order valence-corrected chi connectivity index (χ3v) is 5.14. The summed E-state index contributed by atoms with van der Waals surface area (Å²) in [7, 11) is 0. The predicted octanol–water partition coefficient (Wildman–Crippen LogP) is 4.06. The minimum absolute atomic E-state index is 0.150. The number of rotatable bonds is 4. The van der Waals surface area contributed by atoms with Gasteiger partial charge in [0.05, 0.1) is 6.04 Å². The van der Waals surface area contributed by atoms with Gasteiger partial charge in [-0.1, -0.05) is 35.0 Å². The zero-order valence-electron chi connectivity index (χ0n) is 11.2. The number of carbonyl (C=O) groups is 1. The number of amides is 1. The normalized spacial score (nSPS) is 29.7. The first-order valence-electron chi connectivity index (χ1n) is 7.23. The average Bonchev–Trinajstić information content (AvgIpc) is 3.03. The number of benzene rings is 1. The predicted molar refractivity (Wildman–Crippen MR) is 79.6 cm³/mol. The number of halogens is 1. The van der Waals surface area contributed by atoms with Crippen molar-refractivity contribution in [2.45, 2.75) is 38.6 Å². The Morgan fingerprint density at radius 1 is 1.26 bits per heavy atom. The number of nitrogens with one attached hydrogen (secondary N) is 1. The molecule has 1 aromatic carbocycles. The molecule has 1 N–H and O–H groups in total. The van der Waals surface area contributed by atoms with Gasteiger partial charge in [-0.15, -0.1) is 0 Å². The van der Waals surface area contributed by atoms with Gasteiger partial charge in [0.1, 0.15) is 0 Å². The van der Waals surface area contributed by atoms with E-state index in [9.17, 15) is 4.79 Å². The molecule has 1 amide bonds. The van der Waals surface area contributed by atoms with Crippen molar-refractivity contribution in [3.05, 3.63) is 34.3 Å². The molecule has 2 aliphatic carbocycles. The van der Waals surface area contributed by atoms with Gasteiger partial charge >= 0.3 is 0 Å². The lowest BCUT2D eigenvalue weighted by Crippen LogP contribution is -2.33. The van der Waals surface area contributed by atoms with Gasteiger partial charge in [-0.05, 0) is 55.2 Å². The zero-order valence-corrected chi connectivity index (χ0v) is 12.8. The summed E-state index contributed by atoms with van der Waals surface area (Å²) >= 11 is 3.45. The van der Waals surface area contributed by atoms with Crippen molar-refractivity contribution in [2.24, 2.45) is 17.8 Å². The summed E-state index contributed by atoms with van der Waals surface area (Å²) in [5, 5.41) is 3.23. The van der Waals surface area contributed by atoms with Crippen LogP contribution in [-0.2, 0) is 4.79 Å². The van der Waals surface area contributed by atoms with Gasteiger partial charge in [0.15, 0.2) is 0 Å². The van der Waals surface area contributed by atoms with Gasteiger partial charge in [0.2, 0.25) is 5.91 Å². The summed E-state index contributed by atoms with van der Waals surface area (Å²) in [6, 6.07) is 8.40. The SMILES string of the molecule is CCC(NC(=O)C1CC2CC2C1)c1ccc(Br)cc1. The van der Waals surface area contributed by atoms with Gasteiger partial charge in [0.25, 0.3) is 0 Å². The topological polar surface area (TPSA) is 29.1 Å². The summed E-state index contributed by atoms with van der Waals surface area (Å²) < 4.78 is 1.08. The second-order valence-electron chi connectivity index (χ2n) is 5.95. The first-order valence-corrected chi connectivity index (χ1v) is 8.02. The van der Waals surface area contributed by atoms with Crippen LogP contribution in [-0.4, -0.2) is 5.91 Å². The molecule has 102 valence electrons. The lowest BCUT2D eigenvalue weighted by atomic mass is 10.00. The molecule has 3 heteroatoms. The van der Waals surface area contributed by atoms with Crippen LogP contribution in [0.4, 0.5) is 0 Å². The summed E-state index contributed by atoms with van der Waals surface area (Å²) in [4.78, 5) is 12.3. The summed E-state index contributed by atoms with van der Waals surface area (Å²) in [6.07, 6.45) is 4.54. The first-order chi connectivity index (χ1) is 9.17. The Bertz CT molecular complexity index is 460. The molecule has 2 nitrogen and oxygen atoms in total. The first kappa shape index (κ1) is 13.2. The monoisotopic (exact) mass is 321 g/mol. The largest absolute Gasteiger partial charge is 0.349 e. The van der Waals surface area contributed by atoms with E-state index < -0.39 is 0 Å². The number of carbonyl (C=O) groups excluding carboxylic acids is 1. The van der Waals surface area contributed by atoms with Crippen molar-refractivity contribution in [3.63, 3.8) is 0 Å². The smallest absolute Gasteiger partial charge is 0.223 e. The summed E-state index contributed by atoms with van der Waals surface area (Å²) in [5.41, 5.74) is 1.20. The van der Waals surface area contributed by atoms with E-state index in [4.69, 9.17) is 0 Å². The average molecular weight is 322 g/mol. The van der Waals surface area contributed by atoms with Crippen molar-refractivity contribution in [2.75, 3.05) is 0 Å². The maximum atomic E-state index is 12.3. The minimum Gasteiger partial charge on any atom is -0.349 e. The fraction of sp³-hybridized carbons (Fsp3) is 0.562. The van der Waals surface area contributed by atoms with E-state index in [1.165, 1.54) is 12.0 Å². The molecule has 19 heavy (non-hydrogen) atoms. The third-order valence-electron chi connectivity index (χ3n) is 4.61. The van der Waals surface area contributed by atoms with E-state index in [0.717, 1.165) is 35.6 Å². The maximum absolute atomic E-state index is 12.3. The number of hydrogen-bond acceptors (Lipinski definition) is 1. The fourth-order valence-corrected chi connectivity index (χ4v) is 3.60. The van der Waals surface area contributed by atoms with Crippen LogP contribution in [0.3, 0.4) is 0 Å². The van der Waals surface area contributed by atoms with Crippen LogP contribution in [0.2, 0.25) is 0 Å². The molecule has 3 unspecified atom stereocenters. The van der Waals surface area contributed by atoms with Gasteiger partial charge in [-0.3, -0.25) is 4.79 Å². The number of hydrogen-bond donors (Lipinski definition) is 1. The van der Waals surface area contributed by atoms with Crippen LogP contribution in [0, 0.1) is 17.8 Å². The molecule has 3 rings (SSSR count). The Hall–Kier alpha value is -0.830. The molecular weight excluding hydrogens is 302 g/mol. The molecular formula is C16H20BrNO. The van der Waals surface area contributed by atoms with Crippen LogP contribution in [0.1, 0.15) is 44.2 Å². The Labute approximate surface area is 123 Å². The highest BCUT2D eigenvalue weighted by Gasteiger charge is 2.48. The Kier molecular flexibility index (Phi) is 3.66. The van der Waals surface area contributed by atoms with Crippen molar-refractivity contribution in [1.29, 1.82) is 0 Å². The van der Waals surface area contributed by atoms with E-state index in [1.807, 2.05) is 12.1 Å². The Balaban J connectivity index is 1.62. The third kappa shape index (κ3) is 2.86. The second-order valence-corrected chi connectivity index (χ2v) is 6.86. The molecule has 2 aliphatic rings. The number of fused-ring (bicyclic) bond motifs is 1. The quantitative estimate of drug-likeness (QED) is 0.890. The van der Waals surface area contributed by atoms with Crippen molar-refractivity contribution < 1.29 is 4.79 Å². The van der Waals surface area contributed by atoms with Gasteiger partial charge in [-0.25, -0.2) is 0 Å². The molecule has 0 saturated heterocycles. The Morgan fingerprint density at radius 2 is 1.89 bits per heavy atom. The standard InChI is InChI=1S/C16H20BrNO/c1-2-15(10-3-5-14(17)6-4-10)18-16(19)13-8-11-7-12(11)9-13/h3-6,11-13,15H,2,7-9H2,1H3,(H,18,19). The molecule has 0 bridgehead atoms. The van der Waals surface area contributed by atoms with E-state index in [2.05, 4.69) is 40.3 Å². The maximum Gasteiger partial charge on any atom is 0.223 e. The van der Waals surface area contributed by atoms with Gasteiger partial charge in [0, 0.05) is 10.4 Å². The molecule has 3 atom stereocenters. The molecule has 2 saturated carbocycles. The molecule has 0 radical (unpaired) electrons. The zero-order chi connectivity index (χ0) is 13.4. The lowest BCUT2D eigenvalue weighted by molar-refractivity contribution is -0.125. The second kappa shape index (κ2) is 5.28. The highest BCUT2D eigenvalue weighted by molar-refractivity contribution is 9.10. The highest BCUT2D eigenvalue weighted by Crippen LogP contribution is 2.54. The van der Waals surface area contributed by atoms with Crippen LogP contribution in [0.5, 0.6) is 0 Å². The molecule has 0 heterocycles. The highest BCUT2D eigenvalue weighted by atomic mass is 79.9. The van der Waals surface area contributed by atoms with E-state index in [-0.39, 0.29) is 17.9 Å². The Morgan fingerprint density at radius 3 is 2.47 bits per heavy atom. The van der Waals surface area contributed by atoms with Gasteiger partial charge in [-0.2, -0.15) is 0 Å². The molecule has 2 fully saturated rings. The lowest BCUT2D eigenvalue weighted by Gasteiger charge is -2.20. The van der Waals surface area contributed by atoms with Crippen LogP contribution >= 0.6 is 15.9 Å². The van der Waals surface area contributed by atoms with Crippen molar-refractivity contribution in [1.82, 2.24) is 5.32 Å². The molecule has 1 aromatic rings. The molecule has 0 aromatic heterocycles.